The molecule has 70 valence electrons. The molecular weight excluding hydrogens is 186 g/mol. The van der Waals surface area contributed by atoms with E-state index in [9.17, 15) is 4.79 Å². The molecule has 0 aliphatic heterocycles. The van der Waals surface area contributed by atoms with Crippen LogP contribution in [0.15, 0.2) is 30.3 Å². The topological polar surface area (TPSA) is 17.1 Å². The van der Waals surface area contributed by atoms with Crippen LogP contribution in [0.3, 0.4) is 0 Å². The second kappa shape index (κ2) is 5.76. The van der Waals surface area contributed by atoms with E-state index in [-0.39, 0.29) is 5.24 Å². The van der Waals surface area contributed by atoms with Gasteiger partial charge in [0, 0.05) is 6.42 Å². The fraction of sp³-hybridized carbons (Fsp3) is 0.364. The summed E-state index contributed by atoms with van der Waals surface area (Å²) in [5, 5.41) is -0.229. The number of carbonyl (C=O) groups excluding carboxylic acids is 1. The van der Waals surface area contributed by atoms with Crippen molar-refractivity contribution in [3.8, 4) is 0 Å². The molecule has 1 nitrogen and oxygen atoms in total. The van der Waals surface area contributed by atoms with Crippen LogP contribution in [0.5, 0.6) is 0 Å². The zero-order valence-corrected chi connectivity index (χ0v) is 8.26. The van der Waals surface area contributed by atoms with Gasteiger partial charge in [0.25, 0.3) is 0 Å². The average Bonchev–Trinajstić information content (AvgIpc) is 2.14. The first-order valence-electron chi connectivity index (χ1n) is 4.51. The zero-order valence-electron chi connectivity index (χ0n) is 7.50. The summed E-state index contributed by atoms with van der Waals surface area (Å²) in [6.45, 7) is 0. The first-order valence-corrected chi connectivity index (χ1v) is 4.89. The summed E-state index contributed by atoms with van der Waals surface area (Å²) in [4.78, 5) is 10.4. The maximum absolute atomic E-state index is 10.4. The Hall–Kier alpha value is -0.820. The Morgan fingerprint density at radius 3 is 2.46 bits per heavy atom. The van der Waals surface area contributed by atoms with E-state index in [2.05, 4.69) is 12.1 Å². The van der Waals surface area contributed by atoms with Gasteiger partial charge in [0.1, 0.15) is 0 Å². The van der Waals surface area contributed by atoms with Crippen molar-refractivity contribution in [2.45, 2.75) is 25.7 Å². The number of rotatable bonds is 5. The first kappa shape index (κ1) is 10.3. The summed E-state index contributed by atoms with van der Waals surface area (Å²) in [5.74, 6) is 0. The highest BCUT2D eigenvalue weighted by molar-refractivity contribution is 6.63. The van der Waals surface area contributed by atoms with Crippen LogP contribution in [0, 0.1) is 0 Å². The summed E-state index contributed by atoms with van der Waals surface area (Å²) in [5.41, 5.74) is 1.32. The summed E-state index contributed by atoms with van der Waals surface area (Å²) in [6, 6.07) is 10.3. The lowest BCUT2D eigenvalue weighted by atomic mass is 10.1. The minimum atomic E-state index is -0.229. The largest absolute Gasteiger partial charge is 0.281 e. The van der Waals surface area contributed by atoms with Gasteiger partial charge in [-0.2, -0.15) is 0 Å². The Morgan fingerprint density at radius 2 is 1.85 bits per heavy atom. The lowest BCUT2D eigenvalue weighted by Gasteiger charge is -1.98. The van der Waals surface area contributed by atoms with E-state index in [0.29, 0.717) is 6.42 Å². The Kier molecular flexibility index (Phi) is 4.55. The molecule has 1 rings (SSSR count). The van der Waals surface area contributed by atoms with E-state index >= 15 is 0 Å². The highest BCUT2D eigenvalue weighted by Gasteiger charge is 1.96. The van der Waals surface area contributed by atoms with Crippen LogP contribution in [0.25, 0.3) is 0 Å². The van der Waals surface area contributed by atoms with Crippen LogP contribution in [0.1, 0.15) is 24.8 Å². The molecule has 0 atom stereocenters. The number of carbonyl (C=O) groups is 1. The van der Waals surface area contributed by atoms with Crippen LogP contribution in [0.4, 0.5) is 0 Å². The van der Waals surface area contributed by atoms with Gasteiger partial charge in [-0.15, -0.1) is 0 Å². The van der Waals surface area contributed by atoms with Gasteiger partial charge in [0.2, 0.25) is 5.24 Å². The van der Waals surface area contributed by atoms with Crippen LogP contribution < -0.4 is 0 Å². The molecule has 2 heteroatoms. The molecule has 1 aromatic carbocycles. The van der Waals surface area contributed by atoms with Crippen molar-refractivity contribution in [1.29, 1.82) is 0 Å². The minimum Gasteiger partial charge on any atom is -0.281 e. The molecule has 0 heterocycles. The Balaban J connectivity index is 2.17. The normalized spacial score (nSPS) is 9.92. The molecule has 1 aromatic rings. The predicted molar refractivity (Wildman–Crippen MR) is 54.9 cm³/mol. The molecule has 0 saturated carbocycles. The average molecular weight is 199 g/mol. The van der Waals surface area contributed by atoms with E-state index in [1.54, 1.807) is 0 Å². The maximum Gasteiger partial charge on any atom is 0.221 e. The van der Waals surface area contributed by atoms with E-state index in [1.165, 1.54) is 5.56 Å². The summed E-state index contributed by atoms with van der Waals surface area (Å²) in [7, 11) is 0. The van der Waals surface area contributed by atoms with Gasteiger partial charge in [-0.3, -0.25) is 4.79 Å². The van der Waals surface area contributed by atoms with Gasteiger partial charge in [-0.1, -0.05) is 30.3 Å². The number of aryl methyl sites for hydroxylation is 1. The lowest BCUT2D eigenvalue weighted by Crippen LogP contribution is -1.89. The molecule has 0 radical (unpaired) electrons. The molecule has 0 fully saturated rings. The number of hydrogen-bond donors (Lipinski definition) is 0. The summed E-state index contributed by atoms with van der Waals surface area (Å²) in [6.07, 6.45) is 3.44. The van der Waals surface area contributed by atoms with Gasteiger partial charge < -0.3 is 0 Å². The third kappa shape index (κ3) is 4.69. The molecule has 0 unspecified atom stereocenters. The van der Waals surface area contributed by atoms with Crippen molar-refractivity contribution in [3.63, 3.8) is 0 Å². The number of hydrogen-bond acceptors (Lipinski definition) is 1. The molecule has 0 N–H and O–H groups in total. The molecule has 0 aliphatic rings. The first-order chi connectivity index (χ1) is 6.29. The summed E-state index contributed by atoms with van der Waals surface area (Å²) < 4.78 is 0. The van der Waals surface area contributed by atoms with Crippen molar-refractivity contribution in [2.24, 2.45) is 0 Å². The van der Waals surface area contributed by atoms with Crippen molar-refractivity contribution in [2.75, 3.05) is 0 Å². The fourth-order valence-electron chi connectivity index (χ4n) is 1.24. The molecule has 0 amide bonds. The predicted octanol–water partition coefficient (Wildman–Crippen LogP) is 3.16. The highest BCUT2D eigenvalue weighted by atomic mass is 35.5. The molecule has 0 aromatic heterocycles. The minimum absolute atomic E-state index is 0.229. The molecule has 0 saturated heterocycles. The van der Waals surface area contributed by atoms with Gasteiger partial charge in [-0.05, 0) is 36.4 Å². The fourth-order valence-corrected chi connectivity index (χ4v) is 1.37. The van der Waals surface area contributed by atoms with E-state index in [4.69, 9.17) is 11.6 Å². The lowest BCUT2D eigenvalue weighted by molar-refractivity contribution is -0.111. The van der Waals surface area contributed by atoms with Crippen molar-refractivity contribution in [1.82, 2.24) is 0 Å². The van der Waals surface area contributed by atoms with Crippen molar-refractivity contribution >= 4 is 16.8 Å². The number of benzene rings is 1. The Bertz CT molecular complexity index is 256. The van der Waals surface area contributed by atoms with Crippen molar-refractivity contribution in [3.05, 3.63) is 35.9 Å². The van der Waals surface area contributed by atoms with E-state index in [1.807, 2.05) is 18.2 Å². The zero-order chi connectivity index (χ0) is 9.52. The molecule has 0 spiro atoms. The second-order valence-corrected chi connectivity index (χ2v) is 3.47. The molecule has 13 heavy (non-hydrogen) atoms. The number of unbranched alkanes of at least 4 members (excludes halogenated alkanes) is 1. The highest BCUT2D eigenvalue weighted by Crippen LogP contribution is 2.06. The number of halogens is 1. The Labute approximate surface area is 83.7 Å². The molecule has 0 aliphatic carbocycles. The smallest absolute Gasteiger partial charge is 0.221 e. The van der Waals surface area contributed by atoms with Gasteiger partial charge in [0.15, 0.2) is 0 Å². The van der Waals surface area contributed by atoms with E-state index < -0.39 is 0 Å². The van der Waals surface area contributed by atoms with E-state index in [0.717, 1.165) is 19.3 Å². The molecular formula is C11H13ClO. The SMILES string of the molecule is O=[14C](Cl)CCCCc1ccccc1. The molecule has 0 bridgehead atoms. The van der Waals surface area contributed by atoms with Gasteiger partial charge in [-0.25, -0.2) is 0 Å². The quantitative estimate of drug-likeness (QED) is 0.525. The standard InChI is InChI=1S/C11H13ClO/c12-11(13)9-5-4-8-10-6-2-1-3-7-10/h1-3,6-7H,4-5,8-9H2/i11+2. The maximum atomic E-state index is 10.4. The van der Waals surface area contributed by atoms with Gasteiger partial charge >= 0.3 is 0 Å². The third-order valence-electron chi connectivity index (χ3n) is 1.93. The van der Waals surface area contributed by atoms with Crippen LogP contribution >= 0.6 is 11.6 Å². The second-order valence-electron chi connectivity index (χ2n) is 3.05. The van der Waals surface area contributed by atoms with Gasteiger partial charge in [0.05, 0.1) is 0 Å². The van der Waals surface area contributed by atoms with Crippen LogP contribution in [-0.2, 0) is 11.2 Å². The van der Waals surface area contributed by atoms with Crippen LogP contribution in [-0.4, -0.2) is 5.24 Å². The third-order valence-corrected chi connectivity index (χ3v) is 2.12. The van der Waals surface area contributed by atoms with Crippen molar-refractivity contribution < 1.29 is 4.79 Å². The monoisotopic (exact) mass is 198 g/mol. The summed E-state index contributed by atoms with van der Waals surface area (Å²) >= 11 is 5.22. The van der Waals surface area contributed by atoms with Crippen LogP contribution in [0.2, 0.25) is 0 Å². The Morgan fingerprint density at radius 1 is 1.15 bits per heavy atom.